The molecule has 1 aromatic rings. The highest BCUT2D eigenvalue weighted by atomic mass is 32.1. The number of nitrogens with one attached hydrogen (secondary N) is 1. The Morgan fingerprint density at radius 2 is 2.00 bits per heavy atom. The first-order valence-corrected chi connectivity index (χ1v) is 10.7. The molecule has 1 aliphatic heterocycles. The predicted octanol–water partition coefficient (Wildman–Crippen LogP) is 1.66. The van der Waals surface area contributed by atoms with E-state index in [1.54, 1.807) is 9.80 Å². The normalized spacial score (nSPS) is 23.7. The average molecular weight is 408 g/mol. The maximum Gasteiger partial charge on any atom is 0.264 e. The summed E-state index contributed by atoms with van der Waals surface area (Å²) in [6.07, 6.45) is 3.61. The van der Waals surface area contributed by atoms with E-state index in [0.29, 0.717) is 31.1 Å². The summed E-state index contributed by atoms with van der Waals surface area (Å²) in [5.74, 6) is -0.364. The van der Waals surface area contributed by atoms with Gasteiger partial charge in [0.15, 0.2) is 0 Å². The second kappa shape index (κ2) is 9.52. The van der Waals surface area contributed by atoms with Crippen LogP contribution in [0.1, 0.15) is 40.2 Å². The van der Waals surface area contributed by atoms with Crippen molar-refractivity contribution < 1.29 is 19.1 Å². The number of thiophene rings is 1. The molecule has 3 rings (SSSR count). The molecule has 0 bridgehead atoms. The van der Waals surface area contributed by atoms with Gasteiger partial charge in [-0.05, 0) is 31.9 Å². The number of hydrogen-bond acceptors (Lipinski definition) is 5. The molecule has 2 aliphatic rings. The number of aryl methyl sites for hydroxylation is 1. The number of amides is 3. The molecule has 3 amide bonds. The van der Waals surface area contributed by atoms with Gasteiger partial charge in [-0.25, -0.2) is 0 Å². The standard InChI is InChI=1S/C20H29N3O4S/c1-14-7-8-17(28-14)20(26)22-10-9-21-19(25)15-5-3-4-6-16(15)23(12-11-22)18(24)13-27-2/h7-8,15-16H,3-6,9-13H2,1-2H3,(H,21,25)/t15-,16+/m0/s1. The van der Waals surface area contributed by atoms with Gasteiger partial charge < -0.3 is 19.9 Å². The third-order valence-electron chi connectivity index (χ3n) is 5.58. The van der Waals surface area contributed by atoms with Crippen LogP contribution in [-0.2, 0) is 14.3 Å². The van der Waals surface area contributed by atoms with Crippen molar-refractivity contribution in [3.8, 4) is 0 Å². The Bertz CT molecular complexity index is 720. The van der Waals surface area contributed by atoms with E-state index in [1.807, 2.05) is 19.1 Å². The molecule has 0 unspecified atom stereocenters. The zero-order valence-corrected chi connectivity index (χ0v) is 17.4. The Balaban J connectivity index is 1.82. The maximum atomic E-state index is 12.9. The number of hydrogen-bond donors (Lipinski definition) is 1. The lowest BCUT2D eigenvalue weighted by molar-refractivity contribution is -0.142. The minimum atomic E-state index is -0.184. The lowest BCUT2D eigenvalue weighted by Gasteiger charge is -2.41. The highest BCUT2D eigenvalue weighted by Gasteiger charge is 2.37. The van der Waals surface area contributed by atoms with E-state index < -0.39 is 0 Å². The van der Waals surface area contributed by atoms with Crippen molar-refractivity contribution in [1.29, 1.82) is 0 Å². The summed E-state index contributed by atoms with van der Waals surface area (Å²) in [6.45, 7) is 3.70. The van der Waals surface area contributed by atoms with Gasteiger partial charge in [0.2, 0.25) is 11.8 Å². The van der Waals surface area contributed by atoms with Gasteiger partial charge in [0, 0.05) is 44.2 Å². The summed E-state index contributed by atoms with van der Waals surface area (Å²) in [7, 11) is 1.50. The zero-order valence-electron chi connectivity index (χ0n) is 16.6. The number of rotatable bonds is 3. The summed E-state index contributed by atoms with van der Waals surface area (Å²) in [5.41, 5.74) is 0. The molecule has 0 spiro atoms. The number of carbonyl (C=O) groups excluding carboxylic acids is 3. The van der Waals surface area contributed by atoms with Crippen LogP contribution in [-0.4, -0.2) is 73.5 Å². The van der Waals surface area contributed by atoms with E-state index in [-0.39, 0.29) is 36.3 Å². The van der Waals surface area contributed by atoms with E-state index in [0.717, 1.165) is 30.6 Å². The molecule has 154 valence electrons. The summed E-state index contributed by atoms with van der Waals surface area (Å²) in [5, 5.41) is 2.99. The quantitative estimate of drug-likeness (QED) is 0.827. The smallest absolute Gasteiger partial charge is 0.264 e. The summed E-state index contributed by atoms with van der Waals surface area (Å²) in [4.78, 5) is 43.7. The average Bonchev–Trinajstić information content (AvgIpc) is 3.13. The van der Waals surface area contributed by atoms with Crippen LogP contribution >= 0.6 is 11.3 Å². The maximum absolute atomic E-state index is 12.9. The zero-order chi connectivity index (χ0) is 20.1. The highest BCUT2D eigenvalue weighted by molar-refractivity contribution is 7.13. The monoisotopic (exact) mass is 407 g/mol. The molecule has 0 radical (unpaired) electrons. The van der Waals surface area contributed by atoms with Crippen LogP contribution in [0.4, 0.5) is 0 Å². The Kier molecular flexibility index (Phi) is 7.07. The van der Waals surface area contributed by atoms with Crippen molar-refractivity contribution in [3.63, 3.8) is 0 Å². The first-order chi connectivity index (χ1) is 13.5. The number of carbonyl (C=O) groups is 3. The molecular formula is C20H29N3O4S. The molecule has 2 heterocycles. The fourth-order valence-electron chi connectivity index (χ4n) is 4.17. The third kappa shape index (κ3) is 4.72. The SMILES string of the molecule is COCC(=O)N1CCN(C(=O)c2ccc(C)s2)CCNC(=O)[C@H]2CCCC[C@H]21. The van der Waals surface area contributed by atoms with Crippen molar-refractivity contribution in [2.45, 2.75) is 38.6 Å². The van der Waals surface area contributed by atoms with Gasteiger partial charge in [0.1, 0.15) is 6.61 Å². The van der Waals surface area contributed by atoms with Gasteiger partial charge >= 0.3 is 0 Å². The summed E-state index contributed by atoms with van der Waals surface area (Å²) < 4.78 is 5.07. The van der Waals surface area contributed by atoms with Crippen molar-refractivity contribution in [3.05, 3.63) is 21.9 Å². The molecule has 1 aromatic heterocycles. The predicted molar refractivity (Wildman–Crippen MR) is 107 cm³/mol. The topological polar surface area (TPSA) is 79.0 Å². The van der Waals surface area contributed by atoms with Gasteiger partial charge in [-0.15, -0.1) is 11.3 Å². The van der Waals surface area contributed by atoms with Crippen LogP contribution in [0.25, 0.3) is 0 Å². The number of nitrogens with zero attached hydrogens (tertiary/aromatic N) is 2. The van der Waals surface area contributed by atoms with Crippen molar-refractivity contribution in [1.82, 2.24) is 15.1 Å². The van der Waals surface area contributed by atoms with Crippen molar-refractivity contribution in [2.75, 3.05) is 39.9 Å². The first-order valence-electron chi connectivity index (χ1n) is 9.93. The Hall–Kier alpha value is -1.93. The number of ether oxygens (including phenoxy) is 1. The van der Waals surface area contributed by atoms with Crippen LogP contribution < -0.4 is 5.32 Å². The van der Waals surface area contributed by atoms with Crippen molar-refractivity contribution in [2.24, 2.45) is 5.92 Å². The fraction of sp³-hybridized carbons (Fsp3) is 0.650. The van der Waals surface area contributed by atoms with Gasteiger partial charge in [0.05, 0.1) is 10.8 Å². The molecule has 1 saturated carbocycles. The highest BCUT2D eigenvalue weighted by Crippen LogP contribution is 2.29. The molecule has 1 N–H and O–H groups in total. The van der Waals surface area contributed by atoms with Crippen LogP contribution in [0.3, 0.4) is 0 Å². The minimum Gasteiger partial charge on any atom is -0.375 e. The van der Waals surface area contributed by atoms with Gasteiger partial charge in [-0.3, -0.25) is 14.4 Å². The lowest BCUT2D eigenvalue weighted by Crippen LogP contribution is -2.56. The second-order valence-electron chi connectivity index (χ2n) is 7.47. The van der Waals surface area contributed by atoms with Gasteiger partial charge in [-0.1, -0.05) is 12.8 Å². The van der Waals surface area contributed by atoms with Crippen LogP contribution in [0.15, 0.2) is 12.1 Å². The molecule has 7 nitrogen and oxygen atoms in total. The Morgan fingerprint density at radius 1 is 1.21 bits per heavy atom. The molecule has 0 aromatic carbocycles. The minimum absolute atomic E-state index is 0.0110. The fourth-order valence-corrected chi connectivity index (χ4v) is 5.00. The first kappa shape index (κ1) is 20.8. The Morgan fingerprint density at radius 3 is 2.71 bits per heavy atom. The molecular weight excluding hydrogens is 378 g/mol. The number of fused-ring (bicyclic) bond motifs is 1. The second-order valence-corrected chi connectivity index (χ2v) is 8.76. The van der Waals surface area contributed by atoms with E-state index in [9.17, 15) is 14.4 Å². The molecule has 2 atom stereocenters. The third-order valence-corrected chi connectivity index (χ3v) is 6.57. The summed E-state index contributed by atoms with van der Waals surface area (Å²) in [6, 6.07) is 3.64. The van der Waals surface area contributed by atoms with E-state index in [1.165, 1.54) is 18.4 Å². The van der Waals surface area contributed by atoms with Crippen LogP contribution in [0.2, 0.25) is 0 Å². The largest absolute Gasteiger partial charge is 0.375 e. The van der Waals surface area contributed by atoms with Gasteiger partial charge in [0.25, 0.3) is 5.91 Å². The van der Waals surface area contributed by atoms with E-state index >= 15 is 0 Å². The molecule has 1 aliphatic carbocycles. The van der Waals surface area contributed by atoms with Crippen molar-refractivity contribution >= 4 is 29.1 Å². The number of methoxy groups -OCH3 is 1. The van der Waals surface area contributed by atoms with E-state index in [2.05, 4.69) is 5.32 Å². The Labute approximate surface area is 170 Å². The van der Waals surface area contributed by atoms with Crippen LogP contribution in [0, 0.1) is 12.8 Å². The molecule has 8 heteroatoms. The van der Waals surface area contributed by atoms with Gasteiger partial charge in [-0.2, -0.15) is 0 Å². The van der Waals surface area contributed by atoms with Crippen LogP contribution in [0.5, 0.6) is 0 Å². The molecule has 2 fully saturated rings. The molecule has 1 saturated heterocycles. The lowest BCUT2D eigenvalue weighted by atomic mass is 9.82. The molecule has 28 heavy (non-hydrogen) atoms. The van der Waals surface area contributed by atoms with E-state index in [4.69, 9.17) is 4.74 Å². The summed E-state index contributed by atoms with van der Waals surface area (Å²) >= 11 is 1.47.